The van der Waals surface area contributed by atoms with Crippen molar-refractivity contribution in [1.29, 1.82) is 0 Å². The van der Waals surface area contributed by atoms with E-state index in [-0.39, 0.29) is 6.61 Å². The lowest BCUT2D eigenvalue weighted by molar-refractivity contribution is -0.386. The van der Waals surface area contributed by atoms with Crippen molar-refractivity contribution in [2.45, 2.75) is 13.3 Å². The van der Waals surface area contributed by atoms with Crippen LogP contribution < -0.4 is 4.74 Å². The van der Waals surface area contributed by atoms with E-state index in [1.165, 1.54) is 0 Å². The Morgan fingerprint density at radius 2 is 2.13 bits per heavy atom. The fraction of sp³-hybridized carbons (Fsp3) is 0.333. The predicted molar refractivity (Wildman–Crippen MR) is 48.8 cm³/mol. The van der Waals surface area contributed by atoms with Gasteiger partial charge in [0.25, 0.3) is 0 Å². The highest BCUT2D eigenvalue weighted by Crippen LogP contribution is 2.31. The molecule has 4 nitrogen and oxygen atoms in total. The molecule has 0 heterocycles. The largest absolute Gasteiger partial charge is 0.485 e. The maximum absolute atomic E-state index is 13.1. The summed E-state index contributed by atoms with van der Waals surface area (Å²) in [7, 11) is 0. The van der Waals surface area contributed by atoms with Crippen LogP contribution in [0.4, 0.5) is 14.5 Å². The summed E-state index contributed by atoms with van der Waals surface area (Å²) < 4.78 is 30.7. The van der Waals surface area contributed by atoms with Gasteiger partial charge in [-0.1, -0.05) is 6.92 Å². The third-order valence-electron chi connectivity index (χ3n) is 1.68. The Balaban J connectivity index is 3.16. The summed E-state index contributed by atoms with van der Waals surface area (Å²) in [4.78, 5) is 9.67. The smallest absolute Gasteiger partial charge is 0.314 e. The summed E-state index contributed by atoms with van der Waals surface area (Å²) in [6.45, 7) is 1.85. The van der Waals surface area contributed by atoms with Gasteiger partial charge in [0.05, 0.1) is 11.5 Å². The van der Waals surface area contributed by atoms with Crippen LogP contribution in [0.15, 0.2) is 12.1 Å². The van der Waals surface area contributed by atoms with Gasteiger partial charge < -0.3 is 4.74 Å². The first kappa shape index (κ1) is 11.4. The number of ether oxygens (including phenoxy) is 1. The molecule has 1 aromatic carbocycles. The first-order valence-corrected chi connectivity index (χ1v) is 4.33. The maximum Gasteiger partial charge on any atom is 0.314 e. The van der Waals surface area contributed by atoms with E-state index in [1.807, 2.05) is 0 Å². The van der Waals surface area contributed by atoms with E-state index in [0.29, 0.717) is 12.5 Å². The normalized spacial score (nSPS) is 10.1. The predicted octanol–water partition coefficient (Wildman–Crippen LogP) is 2.66. The van der Waals surface area contributed by atoms with Gasteiger partial charge in [0.2, 0.25) is 11.6 Å². The highest BCUT2D eigenvalue weighted by molar-refractivity contribution is 5.47. The number of benzene rings is 1. The zero-order valence-corrected chi connectivity index (χ0v) is 8.00. The molecule has 0 spiro atoms. The second-order valence-electron chi connectivity index (χ2n) is 2.82. The second kappa shape index (κ2) is 4.68. The van der Waals surface area contributed by atoms with Crippen molar-refractivity contribution in [3.05, 3.63) is 33.9 Å². The minimum Gasteiger partial charge on any atom is -0.485 e. The molecule has 0 radical (unpaired) electrons. The van der Waals surface area contributed by atoms with Crippen molar-refractivity contribution >= 4 is 5.69 Å². The SMILES string of the molecule is CCCOc1c([N+](=O)[O-])ccc(F)c1F. The van der Waals surface area contributed by atoms with Gasteiger partial charge in [0, 0.05) is 6.07 Å². The van der Waals surface area contributed by atoms with Gasteiger partial charge in [-0.05, 0) is 12.5 Å². The van der Waals surface area contributed by atoms with E-state index in [1.54, 1.807) is 6.92 Å². The molecule has 0 saturated heterocycles. The summed E-state index contributed by atoms with van der Waals surface area (Å²) >= 11 is 0. The lowest BCUT2D eigenvalue weighted by Gasteiger charge is -2.06. The third-order valence-corrected chi connectivity index (χ3v) is 1.68. The third kappa shape index (κ3) is 2.39. The highest BCUT2D eigenvalue weighted by Gasteiger charge is 2.22. The van der Waals surface area contributed by atoms with E-state index in [2.05, 4.69) is 0 Å². The van der Waals surface area contributed by atoms with Crippen molar-refractivity contribution in [2.75, 3.05) is 6.61 Å². The molecule has 0 bridgehead atoms. The summed E-state index contributed by atoms with van der Waals surface area (Å²) in [5.41, 5.74) is -0.567. The van der Waals surface area contributed by atoms with Crippen LogP contribution in [0.5, 0.6) is 5.75 Å². The summed E-state index contributed by atoms with van der Waals surface area (Å²) in [5.74, 6) is -3.12. The Hall–Kier alpha value is -1.72. The van der Waals surface area contributed by atoms with Gasteiger partial charge in [-0.25, -0.2) is 4.39 Å². The molecule has 0 aliphatic rings. The molecular formula is C9H9F2NO3. The molecule has 0 atom stereocenters. The van der Waals surface area contributed by atoms with Crippen LogP contribution in [0.1, 0.15) is 13.3 Å². The Morgan fingerprint density at radius 3 is 2.67 bits per heavy atom. The zero-order chi connectivity index (χ0) is 11.4. The molecular weight excluding hydrogens is 208 g/mol. The minimum absolute atomic E-state index is 0.0984. The Morgan fingerprint density at radius 1 is 1.47 bits per heavy atom. The van der Waals surface area contributed by atoms with Gasteiger partial charge in [-0.15, -0.1) is 0 Å². The van der Waals surface area contributed by atoms with E-state index < -0.39 is 28.0 Å². The number of halogens is 2. The zero-order valence-electron chi connectivity index (χ0n) is 8.00. The summed E-state index contributed by atoms with van der Waals surface area (Å²) in [5, 5.41) is 10.5. The lowest BCUT2D eigenvalue weighted by atomic mass is 10.2. The molecule has 0 unspecified atom stereocenters. The number of hydrogen-bond acceptors (Lipinski definition) is 3. The van der Waals surface area contributed by atoms with Crippen LogP contribution in [0, 0.1) is 21.7 Å². The molecule has 0 aliphatic carbocycles. The van der Waals surface area contributed by atoms with E-state index in [4.69, 9.17) is 4.74 Å². The number of nitro groups is 1. The van der Waals surface area contributed by atoms with Gasteiger partial charge in [-0.3, -0.25) is 10.1 Å². The summed E-state index contributed by atoms with van der Waals surface area (Å²) in [6.07, 6.45) is 0.549. The molecule has 1 aromatic rings. The van der Waals surface area contributed by atoms with Crippen LogP contribution in [0.25, 0.3) is 0 Å². The number of rotatable bonds is 4. The van der Waals surface area contributed by atoms with E-state index in [9.17, 15) is 18.9 Å². The van der Waals surface area contributed by atoms with Crippen LogP contribution in [-0.4, -0.2) is 11.5 Å². The Kier molecular flexibility index (Phi) is 3.54. The Labute approximate surface area is 84.6 Å². The fourth-order valence-corrected chi connectivity index (χ4v) is 1.01. The van der Waals surface area contributed by atoms with Crippen LogP contribution in [0.2, 0.25) is 0 Å². The van der Waals surface area contributed by atoms with Crippen molar-refractivity contribution in [3.8, 4) is 5.75 Å². The first-order chi connectivity index (χ1) is 7.07. The molecule has 0 N–H and O–H groups in total. The highest BCUT2D eigenvalue weighted by atomic mass is 19.2. The van der Waals surface area contributed by atoms with Crippen LogP contribution in [-0.2, 0) is 0 Å². The number of nitro benzene ring substituents is 1. The molecule has 6 heteroatoms. The molecule has 0 aliphatic heterocycles. The second-order valence-corrected chi connectivity index (χ2v) is 2.82. The topological polar surface area (TPSA) is 52.4 Å². The average Bonchev–Trinajstić information content (AvgIpc) is 2.19. The van der Waals surface area contributed by atoms with Crippen molar-refractivity contribution in [1.82, 2.24) is 0 Å². The van der Waals surface area contributed by atoms with E-state index in [0.717, 1.165) is 6.07 Å². The fourth-order valence-electron chi connectivity index (χ4n) is 1.01. The van der Waals surface area contributed by atoms with Gasteiger partial charge in [-0.2, -0.15) is 4.39 Å². The summed E-state index contributed by atoms with van der Waals surface area (Å²) in [6, 6.07) is 1.58. The van der Waals surface area contributed by atoms with E-state index >= 15 is 0 Å². The lowest BCUT2D eigenvalue weighted by Crippen LogP contribution is -2.03. The quantitative estimate of drug-likeness (QED) is 0.575. The van der Waals surface area contributed by atoms with Gasteiger partial charge in [0.1, 0.15) is 0 Å². The molecule has 15 heavy (non-hydrogen) atoms. The van der Waals surface area contributed by atoms with Gasteiger partial charge >= 0.3 is 5.69 Å². The molecule has 1 rings (SSSR count). The number of nitrogens with zero attached hydrogens (tertiary/aromatic N) is 1. The number of hydrogen-bond donors (Lipinski definition) is 0. The molecule has 0 aromatic heterocycles. The standard InChI is InChI=1S/C9H9F2NO3/c1-2-5-15-9-7(12(13)14)4-3-6(10)8(9)11/h3-4H,2,5H2,1H3. The van der Waals surface area contributed by atoms with Crippen molar-refractivity contribution in [3.63, 3.8) is 0 Å². The molecule has 0 fully saturated rings. The maximum atomic E-state index is 13.1. The van der Waals surface area contributed by atoms with Crippen LogP contribution in [0.3, 0.4) is 0 Å². The van der Waals surface area contributed by atoms with Gasteiger partial charge in [0.15, 0.2) is 5.82 Å². The van der Waals surface area contributed by atoms with Crippen LogP contribution >= 0.6 is 0 Å². The monoisotopic (exact) mass is 217 g/mol. The van der Waals surface area contributed by atoms with Crippen molar-refractivity contribution < 1.29 is 18.4 Å². The minimum atomic E-state index is -1.32. The molecule has 0 amide bonds. The average molecular weight is 217 g/mol. The Bertz CT molecular complexity index is 382. The van der Waals surface area contributed by atoms with Crippen molar-refractivity contribution in [2.24, 2.45) is 0 Å². The molecule has 0 saturated carbocycles. The molecule has 82 valence electrons. The first-order valence-electron chi connectivity index (χ1n) is 4.33.